The number of aromatic nitrogens is 3. The number of hydrogen-bond acceptors (Lipinski definition) is 6. The molecule has 0 radical (unpaired) electrons. The Morgan fingerprint density at radius 3 is 2.37 bits per heavy atom. The van der Waals surface area contributed by atoms with Gasteiger partial charge in [0.2, 0.25) is 5.88 Å². The third kappa shape index (κ3) is 7.84. The minimum absolute atomic E-state index is 0.0551. The summed E-state index contributed by atoms with van der Waals surface area (Å²) in [7, 11) is 2.79. The zero-order chi connectivity index (χ0) is 30.4. The zero-order valence-electron chi connectivity index (χ0n) is 25.6. The Morgan fingerprint density at radius 2 is 1.78 bits per heavy atom. The van der Waals surface area contributed by atoms with Crippen molar-refractivity contribution in [1.82, 2.24) is 15.0 Å². The Kier molecular flexibility index (Phi) is 11.7. The van der Waals surface area contributed by atoms with Crippen molar-refractivity contribution in [2.45, 2.75) is 101 Å². The maximum Gasteiger partial charge on any atom is 0.345 e. The predicted molar refractivity (Wildman–Crippen MR) is 163 cm³/mol. The molecule has 2 aromatic heterocycles. The van der Waals surface area contributed by atoms with Gasteiger partial charge in [-0.15, -0.1) is 0 Å². The van der Waals surface area contributed by atoms with E-state index < -0.39 is 6.61 Å². The number of fused-ring (bicyclic) bond motifs is 1. The van der Waals surface area contributed by atoms with E-state index >= 15 is 0 Å². The molecule has 9 heteroatoms. The lowest BCUT2D eigenvalue weighted by molar-refractivity contribution is -0.137. The van der Waals surface area contributed by atoms with Crippen molar-refractivity contribution in [3.63, 3.8) is 0 Å². The quantitative estimate of drug-likeness (QED) is 0.175. The standard InChI is InChI=1S/C32H44F2N3O3P/c1-9-18(5)25-24(26(20(7)13-17(3)4)28(38)19(6)10-2)12-11-22-14-35-30(29(41)27(22)25)40-32-36-15-23(21(8)37-32)16-39-31(33)34/h14-15,17-19,31H,9-13,16,41H2,1-8H3/b26-20-. The lowest BCUT2D eigenvalue weighted by atomic mass is 9.74. The minimum atomic E-state index is -2.87. The number of ketones is 1. The van der Waals surface area contributed by atoms with Gasteiger partial charge in [-0.1, -0.05) is 56.4 Å². The minimum Gasteiger partial charge on any atom is -0.405 e. The Hall–Kier alpha value is -2.57. The number of allylic oxidation sites excluding steroid dienone is 4. The number of aryl methyl sites for hydroxylation is 2. The molecule has 3 unspecified atom stereocenters. The van der Waals surface area contributed by atoms with Crippen molar-refractivity contribution in [1.29, 1.82) is 0 Å². The molecule has 0 amide bonds. The highest BCUT2D eigenvalue weighted by molar-refractivity contribution is 7.28. The van der Waals surface area contributed by atoms with Gasteiger partial charge in [-0.2, -0.15) is 13.8 Å². The predicted octanol–water partition coefficient (Wildman–Crippen LogP) is 7.94. The van der Waals surface area contributed by atoms with E-state index in [9.17, 15) is 13.6 Å². The van der Waals surface area contributed by atoms with Crippen molar-refractivity contribution in [3.8, 4) is 11.9 Å². The van der Waals surface area contributed by atoms with Crippen molar-refractivity contribution in [2.24, 2.45) is 17.8 Å². The zero-order valence-corrected chi connectivity index (χ0v) is 26.8. The molecule has 0 saturated heterocycles. The Balaban J connectivity index is 2.15. The SMILES string of the molecule is CCC(C)C(=O)/C(C1=C(C(C)CC)c2c(cnc(Oc3ncc(COC(F)F)c(C)n3)c2P)CC1)=C(/C)CC(C)C. The van der Waals surface area contributed by atoms with Crippen molar-refractivity contribution < 1.29 is 23.0 Å². The van der Waals surface area contributed by atoms with Gasteiger partial charge < -0.3 is 9.47 Å². The molecule has 0 fully saturated rings. The molecule has 0 bridgehead atoms. The van der Waals surface area contributed by atoms with E-state index in [0.29, 0.717) is 23.1 Å². The van der Waals surface area contributed by atoms with E-state index in [1.54, 1.807) is 6.92 Å². The molecular weight excluding hydrogens is 543 g/mol. The molecule has 0 aliphatic heterocycles. The summed E-state index contributed by atoms with van der Waals surface area (Å²) in [6.45, 7) is 13.5. The second kappa shape index (κ2) is 14.6. The number of carbonyl (C=O) groups excluding carboxylic acids is 1. The van der Waals surface area contributed by atoms with Crippen LogP contribution < -0.4 is 10.0 Å². The van der Waals surface area contributed by atoms with E-state index in [2.05, 4.69) is 70.5 Å². The van der Waals surface area contributed by atoms with Gasteiger partial charge in [-0.25, -0.2) is 9.97 Å². The van der Waals surface area contributed by atoms with Gasteiger partial charge in [0.05, 0.1) is 12.3 Å². The van der Waals surface area contributed by atoms with Crippen LogP contribution in [0.4, 0.5) is 8.78 Å². The lowest BCUT2D eigenvalue weighted by Gasteiger charge is -2.31. The fraction of sp³-hybridized carbons (Fsp3) is 0.562. The number of Topliss-reactive ketones (excluding diaryl/α,β-unsaturated/α-hetero) is 1. The molecule has 2 heterocycles. The van der Waals surface area contributed by atoms with Crippen LogP contribution in [0, 0.1) is 24.7 Å². The summed E-state index contributed by atoms with van der Waals surface area (Å²) < 4.78 is 35.4. The average Bonchev–Trinajstić information content (AvgIpc) is 2.92. The van der Waals surface area contributed by atoms with Crippen molar-refractivity contribution in [3.05, 3.63) is 51.5 Å². The van der Waals surface area contributed by atoms with Crippen LogP contribution in [0.25, 0.3) is 5.57 Å². The van der Waals surface area contributed by atoms with Gasteiger partial charge in [0.1, 0.15) is 0 Å². The number of carbonyl (C=O) groups is 1. The van der Waals surface area contributed by atoms with Gasteiger partial charge in [-0.3, -0.25) is 4.79 Å². The molecule has 2 aromatic rings. The van der Waals surface area contributed by atoms with Crippen LogP contribution in [-0.4, -0.2) is 27.3 Å². The van der Waals surface area contributed by atoms with Crippen LogP contribution in [0.2, 0.25) is 0 Å². The molecule has 41 heavy (non-hydrogen) atoms. The number of pyridine rings is 1. The molecule has 0 N–H and O–H groups in total. The number of ether oxygens (including phenoxy) is 2. The van der Waals surface area contributed by atoms with Crippen LogP contribution in [0.3, 0.4) is 0 Å². The summed E-state index contributed by atoms with van der Waals surface area (Å²) in [6.07, 6.45) is 7.42. The van der Waals surface area contributed by atoms with Crippen LogP contribution >= 0.6 is 9.24 Å². The summed E-state index contributed by atoms with van der Waals surface area (Å²) in [4.78, 5) is 27.0. The van der Waals surface area contributed by atoms with E-state index in [4.69, 9.17) is 4.74 Å². The number of rotatable bonds is 13. The third-order valence-electron chi connectivity index (χ3n) is 7.86. The van der Waals surface area contributed by atoms with E-state index in [-0.39, 0.29) is 30.2 Å². The second-order valence-corrected chi connectivity index (χ2v) is 12.0. The Labute approximate surface area is 245 Å². The largest absolute Gasteiger partial charge is 0.405 e. The Bertz CT molecular complexity index is 1320. The van der Waals surface area contributed by atoms with E-state index in [1.807, 2.05) is 13.1 Å². The molecule has 0 aromatic carbocycles. The van der Waals surface area contributed by atoms with E-state index in [0.717, 1.165) is 65.3 Å². The summed E-state index contributed by atoms with van der Waals surface area (Å²) in [6, 6.07) is 0.0739. The summed E-state index contributed by atoms with van der Waals surface area (Å²) in [5.74, 6) is 1.17. The molecule has 0 saturated carbocycles. The number of nitrogens with zero attached hydrogens (tertiary/aromatic N) is 3. The van der Waals surface area contributed by atoms with Crippen molar-refractivity contribution in [2.75, 3.05) is 0 Å². The third-order valence-corrected chi connectivity index (χ3v) is 8.40. The van der Waals surface area contributed by atoms with E-state index in [1.165, 1.54) is 11.8 Å². The molecule has 6 nitrogen and oxygen atoms in total. The number of halogens is 2. The van der Waals surface area contributed by atoms with Gasteiger partial charge in [0, 0.05) is 34.8 Å². The summed E-state index contributed by atoms with van der Waals surface area (Å²) in [5.41, 5.74) is 7.49. The van der Waals surface area contributed by atoms with Crippen LogP contribution in [0.1, 0.15) is 96.5 Å². The summed E-state index contributed by atoms with van der Waals surface area (Å²) in [5, 5.41) is 0.790. The monoisotopic (exact) mass is 587 g/mol. The molecule has 3 atom stereocenters. The van der Waals surface area contributed by atoms with Crippen molar-refractivity contribution >= 4 is 25.9 Å². The van der Waals surface area contributed by atoms with Crippen LogP contribution in [-0.2, 0) is 22.6 Å². The maximum atomic E-state index is 13.9. The second-order valence-electron chi connectivity index (χ2n) is 11.4. The first kappa shape index (κ1) is 32.9. The highest BCUT2D eigenvalue weighted by Crippen LogP contribution is 2.43. The van der Waals surface area contributed by atoms with Gasteiger partial charge in [0.25, 0.3) is 0 Å². The van der Waals surface area contributed by atoms with Crippen LogP contribution in [0.5, 0.6) is 11.9 Å². The van der Waals surface area contributed by atoms with Gasteiger partial charge >= 0.3 is 12.6 Å². The van der Waals surface area contributed by atoms with Crippen LogP contribution in [0.15, 0.2) is 29.1 Å². The highest BCUT2D eigenvalue weighted by Gasteiger charge is 2.32. The fourth-order valence-electron chi connectivity index (χ4n) is 5.36. The normalized spacial score (nSPS) is 15.6. The number of hydrogen-bond donors (Lipinski definition) is 0. The highest BCUT2D eigenvalue weighted by atomic mass is 31.0. The Morgan fingerprint density at radius 1 is 1.07 bits per heavy atom. The van der Waals surface area contributed by atoms with Gasteiger partial charge in [-0.05, 0) is 80.1 Å². The average molecular weight is 588 g/mol. The fourth-order valence-corrected chi connectivity index (χ4v) is 5.83. The van der Waals surface area contributed by atoms with Gasteiger partial charge in [0.15, 0.2) is 5.78 Å². The molecule has 3 rings (SSSR count). The molecule has 224 valence electrons. The number of alkyl halides is 2. The topological polar surface area (TPSA) is 74.2 Å². The lowest BCUT2D eigenvalue weighted by Crippen LogP contribution is -2.24. The molecular formula is C32H44F2N3O3P. The molecule has 0 spiro atoms. The first-order valence-corrected chi connectivity index (χ1v) is 15.1. The first-order valence-electron chi connectivity index (χ1n) is 14.5. The maximum absolute atomic E-state index is 13.9. The summed E-state index contributed by atoms with van der Waals surface area (Å²) >= 11 is 0. The smallest absolute Gasteiger partial charge is 0.345 e. The molecule has 1 aliphatic rings. The molecule has 1 aliphatic carbocycles. The first-order chi connectivity index (χ1) is 19.4.